The van der Waals surface area contributed by atoms with Crippen molar-refractivity contribution in [2.24, 2.45) is 0 Å². The van der Waals surface area contributed by atoms with Crippen LogP contribution in [0.4, 0.5) is 0 Å². The summed E-state index contributed by atoms with van der Waals surface area (Å²) < 4.78 is 42.4. The summed E-state index contributed by atoms with van der Waals surface area (Å²) in [7, 11) is 0. The molecule has 2 unspecified atom stereocenters. The Morgan fingerprint density at radius 2 is 0.578 bits per heavy atom. The summed E-state index contributed by atoms with van der Waals surface area (Å²) in [6.45, 7) is 16.8. The summed E-state index contributed by atoms with van der Waals surface area (Å²) in [4.78, 5) is 0. The van der Waals surface area contributed by atoms with Gasteiger partial charge < -0.3 is 33.2 Å². The second kappa shape index (κ2) is 36.6. The normalized spacial score (nSPS) is 13.3. The fourth-order valence-electron chi connectivity index (χ4n) is 5.52. The molecule has 0 spiro atoms. The summed E-state index contributed by atoms with van der Waals surface area (Å²) in [5, 5.41) is 0. The van der Waals surface area contributed by atoms with Crippen molar-refractivity contribution in [1.82, 2.24) is 0 Å². The lowest BCUT2D eigenvalue weighted by Gasteiger charge is -2.26. The Hall–Kier alpha value is -0.280. The van der Waals surface area contributed by atoms with Crippen LogP contribution in [0.1, 0.15) is 183 Å². The maximum absolute atomic E-state index is 6.60. The van der Waals surface area contributed by atoms with Crippen molar-refractivity contribution in [1.29, 1.82) is 0 Å². The van der Waals surface area contributed by atoms with Gasteiger partial charge in [0, 0.05) is 39.6 Å². The van der Waals surface area contributed by atoms with Gasteiger partial charge in [-0.25, -0.2) is 0 Å². The maximum atomic E-state index is 6.60. The van der Waals surface area contributed by atoms with Crippen molar-refractivity contribution < 1.29 is 33.2 Å². The second-order valence-electron chi connectivity index (χ2n) is 12.2. The molecule has 0 saturated heterocycles. The van der Waals surface area contributed by atoms with E-state index in [9.17, 15) is 0 Å². The molecule has 0 N–H and O–H groups in total. The summed E-state index contributed by atoms with van der Waals surface area (Å²) >= 11 is 0. The zero-order valence-corrected chi connectivity index (χ0v) is 31.0. The first kappa shape index (κ1) is 44.7. The SMILES string of the molecule is CCCCCCCCCOC(CCCCC(OCC)OCC)OC(CCCCC(OCC)OCC)OCCCCCCCCC. The van der Waals surface area contributed by atoms with Gasteiger partial charge in [-0.2, -0.15) is 0 Å². The average molecular weight is 647 g/mol. The first-order valence-electron chi connectivity index (χ1n) is 19.5. The largest absolute Gasteiger partial charge is 0.353 e. The molecular formula is C38H78O7. The van der Waals surface area contributed by atoms with Crippen LogP contribution in [0.3, 0.4) is 0 Å². The quantitative estimate of drug-likeness (QED) is 0.0488. The maximum Gasteiger partial charge on any atom is 0.160 e. The Morgan fingerprint density at radius 1 is 0.289 bits per heavy atom. The lowest BCUT2D eigenvalue weighted by atomic mass is 10.1. The summed E-state index contributed by atoms with van der Waals surface area (Å²) in [5.74, 6) is 0. The van der Waals surface area contributed by atoms with Gasteiger partial charge in [0.2, 0.25) is 0 Å². The van der Waals surface area contributed by atoms with E-state index in [1.54, 1.807) is 0 Å². The second-order valence-corrected chi connectivity index (χ2v) is 12.2. The van der Waals surface area contributed by atoms with Crippen LogP contribution in [-0.4, -0.2) is 64.8 Å². The minimum atomic E-state index is -0.249. The Morgan fingerprint density at radius 3 is 0.889 bits per heavy atom. The molecule has 0 fully saturated rings. The van der Waals surface area contributed by atoms with Gasteiger partial charge in [0.15, 0.2) is 25.2 Å². The van der Waals surface area contributed by atoms with Crippen molar-refractivity contribution in [2.45, 2.75) is 208 Å². The van der Waals surface area contributed by atoms with E-state index < -0.39 is 0 Å². The third-order valence-electron chi connectivity index (χ3n) is 8.08. The average Bonchev–Trinajstić information content (AvgIpc) is 3.03. The molecule has 7 heteroatoms. The highest BCUT2D eigenvalue weighted by Gasteiger charge is 2.19. The number of ether oxygens (including phenoxy) is 7. The molecule has 0 saturated carbocycles. The van der Waals surface area contributed by atoms with Crippen molar-refractivity contribution in [3.63, 3.8) is 0 Å². The van der Waals surface area contributed by atoms with E-state index in [4.69, 9.17) is 33.2 Å². The van der Waals surface area contributed by atoms with Gasteiger partial charge in [-0.3, -0.25) is 0 Å². The van der Waals surface area contributed by atoms with Crippen molar-refractivity contribution in [3.05, 3.63) is 0 Å². The molecule has 0 aliphatic carbocycles. The highest BCUT2D eigenvalue weighted by Crippen LogP contribution is 2.20. The molecule has 0 rings (SSSR count). The summed E-state index contributed by atoms with van der Waals surface area (Å²) in [6.07, 6.45) is 24.6. The molecule has 45 heavy (non-hydrogen) atoms. The van der Waals surface area contributed by atoms with Crippen LogP contribution in [0, 0.1) is 0 Å². The number of unbranched alkanes of at least 4 members (excludes halogenated alkanes) is 14. The highest BCUT2D eigenvalue weighted by atomic mass is 16.8. The Kier molecular flexibility index (Phi) is 36.3. The van der Waals surface area contributed by atoms with Crippen LogP contribution in [0.15, 0.2) is 0 Å². The molecule has 0 amide bonds. The molecule has 0 aromatic heterocycles. The Bertz CT molecular complexity index is 492. The van der Waals surface area contributed by atoms with E-state index in [2.05, 4.69) is 13.8 Å². The lowest BCUT2D eigenvalue weighted by Crippen LogP contribution is -2.28. The molecule has 0 aromatic rings. The summed E-state index contributed by atoms with van der Waals surface area (Å²) in [6, 6.07) is 0. The van der Waals surface area contributed by atoms with Gasteiger partial charge in [-0.1, -0.05) is 90.9 Å². The predicted molar refractivity (Wildman–Crippen MR) is 188 cm³/mol. The molecule has 0 bridgehead atoms. The van der Waals surface area contributed by atoms with Crippen molar-refractivity contribution in [3.8, 4) is 0 Å². The van der Waals surface area contributed by atoms with Crippen LogP contribution in [0.5, 0.6) is 0 Å². The number of hydrogen-bond acceptors (Lipinski definition) is 7. The zero-order valence-electron chi connectivity index (χ0n) is 31.0. The van der Waals surface area contributed by atoms with Crippen LogP contribution in [0.25, 0.3) is 0 Å². The molecule has 272 valence electrons. The minimum absolute atomic E-state index is 0.122. The standard InChI is InChI=1S/C38H78O7/c1-7-13-15-17-19-21-27-33-43-37(31-25-23-29-35(39-9-3)40-10-4)45-38(44-34-28-22-20-18-16-14-8-2)32-26-24-30-36(41-11-5)42-12-6/h35-38H,7-34H2,1-6H3. The van der Waals surface area contributed by atoms with E-state index in [0.717, 1.165) is 77.4 Å². The molecule has 2 atom stereocenters. The first-order chi connectivity index (χ1) is 22.1. The van der Waals surface area contributed by atoms with Gasteiger partial charge in [0.25, 0.3) is 0 Å². The molecule has 0 radical (unpaired) electrons. The predicted octanol–water partition coefficient (Wildman–Crippen LogP) is 11.1. The topological polar surface area (TPSA) is 64.6 Å². The van der Waals surface area contributed by atoms with E-state index in [1.165, 1.54) is 77.0 Å². The lowest BCUT2D eigenvalue weighted by molar-refractivity contribution is -0.250. The van der Waals surface area contributed by atoms with Gasteiger partial charge in [-0.05, 0) is 91.9 Å². The van der Waals surface area contributed by atoms with Crippen LogP contribution in [-0.2, 0) is 33.2 Å². The van der Waals surface area contributed by atoms with Crippen molar-refractivity contribution in [2.75, 3.05) is 39.6 Å². The third kappa shape index (κ3) is 30.8. The van der Waals surface area contributed by atoms with Gasteiger partial charge in [0.05, 0.1) is 0 Å². The van der Waals surface area contributed by atoms with E-state index in [0.29, 0.717) is 26.4 Å². The van der Waals surface area contributed by atoms with Crippen LogP contribution < -0.4 is 0 Å². The minimum Gasteiger partial charge on any atom is -0.353 e. The van der Waals surface area contributed by atoms with Gasteiger partial charge in [-0.15, -0.1) is 0 Å². The molecule has 0 heterocycles. The van der Waals surface area contributed by atoms with Crippen molar-refractivity contribution >= 4 is 0 Å². The number of rotatable bonds is 38. The van der Waals surface area contributed by atoms with Gasteiger partial charge in [0.1, 0.15) is 0 Å². The monoisotopic (exact) mass is 647 g/mol. The fourth-order valence-corrected chi connectivity index (χ4v) is 5.52. The first-order valence-corrected chi connectivity index (χ1v) is 19.5. The zero-order chi connectivity index (χ0) is 33.1. The summed E-state index contributed by atoms with van der Waals surface area (Å²) in [5.41, 5.74) is 0. The Labute approximate surface area is 280 Å². The molecule has 7 nitrogen and oxygen atoms in total. The Balaban J connectivity index is 5.02. The highest BCUT2D eigenvalue weighted by molar-refractivity contribution is 4.57. The molecule has 0 aliphatic rings. The third-order valence-corrected chi connectivity index (χ3v) is 8.08. The molecular weight excluding hydrogens is 568 g/mol. The van der Waals surface area contributed by atoms with Crippen LogP contribution in [0.2, 0.25) is 0 Å². The molecule has 0 aromatic carbocycles. The smallest absolute Gasteiger partial charge is 0.160 e. The van der Waals surface area contributed by atoms with E-state index >= 15 is 0 Å². The van der Waals surface area contributed by atoms with E-state index in [1.807, 2.05) is 27.7 Å². The number of hydrogen-bond donors (Lipinski definition) is 0. The molecule has 0 aliphatic heterocycles. The van der Waals surface area contributed by atoms with Gasteiger partial charge >= 0.3 is 0 Å². The van der Waals surface area contributed by atoms with E-state index in [-0.39, 0.29) is 25.2 Å². The van der Waals surface area contributed by atoms with Crippen LogP contribution >= 0.6 is 0 Å². The fraction of sp³-hybridized carbons (Fsp3) is 1.00.